The number of nitrogens with one attached hydrogen (secondary N) is 1. The smallest absolute Gasteiger partial charge is 0.213 e. The molecule has 1 heterocycles. The van der Waals surface area contributed by atoms with E-state index in [0.29, 0.717) is 0 Å². The second kappa shape index (κ2) is 5.77. The average Bonchev–Trinajstić information content (AvgIpc) is 2.66. The summed E-state index contributed by atoms with van der Waals surface area (Å²) in [6, 6.07) is 3.71. The van der Waals surface area contributed by atoms with Crippen molar-refractivity contribution in [1.82, 2.24) is 4.72 Å². The number of thiophene rings is 1. The maximum Gasteiger partial charge on any atom is 0.213 e. The molecule has 4 nitrogen and oxygen atoms in total. The van der Waals surface area contributed by atoms with Crippen LogP contribution in [0.3, 0.4) is 0 Å². The summed E-state index contributed by atoms with van der Waals surface area (Å²) in [5.74, 6) is 0.188. The summed E-state index contributed by atoms with van der Waals surface area (Å²) in [6.45, 7) is 4.13. The highest BCUT2D eigenvalue weighted by Crippen LogP contribution is 2.26. The standard InChI is InChI=1S/C10H18N2O2S2/c1-8(2)10(9-4-3-6-15-9)12-16(13,14)7-5-11/h3-4,6,8,10,12H,5,7,11H2,1-2H3. The SMILES string of the molecule is CC(C)C(NS(=O)(=O)CCN)c1cccs1. The molecule has 0 aliphatic carbocycles. The molecule has 3 N–H and O–H groups in total. The summed E-state index contributed by atoms with van der Waals surface area (Å²) in [6.07, 6.45) is 0. The molecule has 1 aromatic rings. The van der Waals surface area contributed by atoms with E-state index in [9.17, 15) is 8.42 Å². The molecule has 6 heteroatoms. The summed E-state index contributed by atoms with van der Waals surface area (Å²) in [4.78, 5) is 1.04. The second-order valence-corrected chi connectivity index (χ2v) is 6.82. The van der Waals surface area contributed by atoms with Gasteiger partial charge in [-0.15, -0.1) is 11.3 Å². The molecule has 0 saturated heterocycles. The lowest BCUT2D eigenvalue weighted by Crippen LogP contribution is -2.35. The van der Waals surface area contributed by atoms with E-state index in [1.54, 1.807) is 11.3 Å². The molecule has 1 unspecified atom stereocenters. The van der Waals surface area contributed by atoms with E-state index in [0.717, 1.165) is 4.88 Å². The predicted molar refractivity (Wildman–Crippen MR) is 67.9 cm³/mol. The van der Waals surface area contributed by atoms with Crippen LogP contribution in [0.4, 0.5) is 0 Å². The van der Waals surface area contributed by atoms with Gasteiger partial charge in [-0.3, -0.25) is 0 Å². The first kappa shape index (κ1) is 13.6. The van der Waals surface area contributed by atoms with E-state index in [-0.39, 0.29) is 24.3 Å². The molecule has 1 rings (SSSR count). The highest BCUT2D eigenvalue weighted by Gasteiger charge is 2.22. The first-order valence-electron chi connectivity index (χ1n) is 5.19. The molecule has 0 amide bonds. The minimum absolute atomic E-state index is 0.0262. The van der Waals surface area contributed by atoms with Crippen molar-refractivity contribution >= 4 is 21.4 Å². The van der Waals surface area contributed by atoms with Gasteiger partial charge in [-0.2, -0.15) is 0 Å². The molecular weight excluding hydrogens is 244 g/mol. The molecule has 0 bridgehead atoms. The largest absolute Gasteiger partial charge is 0.329 e. The third-order valence-electron chi connectivity index (χ3n) is 2.21. The van der Waals surface area contributed by atoms with Crippen LogP contribution in [0, 0.1) is 5.92 Å². The highest BCUT2D eigenvalue weighted by molar-refractivity contribution is 7.89. The maximum absolute atomic E-state index is 11.7. The van der Waals surface area contributed by atoms with Gasteiger partial charge in [0.15, 0.2) is 0 Å². The normalized spacial score (nSPS) is 14.2. The van der Waals surface area contributed by atoms with Gasteiger partial charge in [0.05, 0.1) is 11.8 Å². The number of hydrogen-bond acceptors (Lipinski definition) is 4. The summed E-state index contributed by atoms with van der Waals surface area (Å²) in [7, 11) is -3.27. The van der Waals surface area contributed by atoms with Gasteiger partial charge in [-0.25, -0.2) is 13.1 Å². The zero-order chi connectivity index (χ0) is 12.2. The van der Waals surface area contributed by atoms with Crippen LogP contribution < -0.4 is 10.5 Å². The monoisotopic (exact) mass is 262 g/mol. The van der Waals surface area contributed by atoms with E-state index in [1.807, 2.05) is 31.4 Å². The fraction of sp³-hybridized carbons (Fsp3) is 0.600. The highest BCUT2D eigenvalue weighted by atomic mass is 32.2. The third kappa shape index (κ3) is 3.86. The van der Waals surface area contributed by atoms with Crippen molar-refractivity contribution in [3.05, 3.63) is 22.4 Å². The fourth-order valence-corrected chi connectivity index (χ4v) is 3.64. The van der Waals surface area contributed by atoms with E-state index in [2.05, 4.69) is 4.72 Å². The molecule has 1 atom stereocenters. The Morgan fingerprint density at radius 2 is 2.19 bits per heavy atom. The van der Waals surface area contributed by atoms with E-state index >= 15 is 0 Å². The fourth-order valence-electron chi connectivity index (χ4n) is 1.40. The lowest BCUT2D eigenvalue weighted by molar-refractivity contribution is 0.469. The van der Waals surface area contributed by atoms with Gasteiger partial charge in [-0.05, 0) is 17.4 Å². The lowest BCUT2D eigenvalue weighted by Gasteiger charge is -2.20. The molecule has 0 spiro atoms. The lowest BCUT2D eigenvalue weighted by atomic mass is 10.0. The number of hydrogen-bond donors (Lipinski definition) is 2. The van der Waals surface area contributed by atoms with Crippen molar-refractivity contribution < 1.29 is 8.42 Å². The van der Waals surface area contributed by atoms with Gasteiger partial charge in [0.2, 0.25) is 10.0 Å². The minimum atomic E-state index is -3.27. The van der Waals surface area contributed by atoms with Crippen LogP contribution in [-0.4, -0.2) is 20.7 Å². The van der Waals surface area contributed by atoms with Gasteiger partial charge in [0, 0.05) is 11.4 Å². The van der Waals surface area contributed by atoms with Crippen LogP contribution in [0.1, 0.15) is 24.8 Å². The van der Waals surface area contributed by atoms with Gasteiger partial charge >= 0.3 is 0 Å². The Morgan fingerprint density at radius 1 is 1.50 bits per heavy atom. The third-order valence-corrected chi connectivity index (χ3v) is 4.55. The van der Waals surface area contributed by atoms with Crippen molar-refractivity contribution in [3.8, 4) is 0 Å². The number of rotatable bonds is 6. The Hall–Kier alpha value is -0.430. The van der Waals surface area contributed by atoms with Crippen LogP contribution in [-0.2, 0) is 10.0 Å². The van der Waals surface area contributed by atoms with Gasteiger partial charge in [0.25, 0.3) is 0 Å². The van der Waals surface area contributed by atoms with E-state index in [4.69, 9.17) is 5.73 Å². The summed E-state index contributed by atoms with van der Waals surface area (Å²) in [5.41, 5.74) is 5.27. The average molecular weight is 262 g/mol. The zero-order valence-corrected chi connectivity index (χ0v) is 11.1. The van der Waals surface area contributed by atoms with Crippen molar-refractivity contribution in [3.63, 3.8) is 0 Å². The van der Waals surface area contributed by atoms with Gasteiger partial charge in [-0.1, -0.05) is 19.9 Å². The second-order valence-electron chi connectivity index (χ2n) is 3.96. The first-order valence-corrected chi connectivity index (χ1v) is 7.73. The van der Waals surface area contributed by atoms with Crippen molar-refractivity contribution in [2.45, 2.75) is 19.9 Å². The van der Waals surface area contributed by atoms with Crippen LogP contribution >= 0.6 is 11.3 Å². The maximum atomic E-state index is 11.7. The molecule has 0 radical (unpaired) electrons. The van der Waals surface area contributed by atoms with Crippen molar-refractivity contribution in [2.24, 2.45) is 11.7 Å². The number of nitrogens with two attached hydrogens (primary N) is 1. The molecule has 0 aliphatic heterocycles. The molecule has 0 aliphatic rings. The molecule has 16 heavy (non-hydrogen) atoms. The van der Waals surface area contributed by atoms with Crippen LogP contribution in [0.2, 0.25) is 0 Å². The Kier molecular flexibility index (Phi) is 4.91. The van der Waals surface area contributed by atoms with E-state index in [1.165, 1.54) is 0 Å². The summed E-state index contributed by atoms with van der Waals surface area (Å²) in [5, 5.41) is 1.95. The van der Waals surface area contributed by atoms with Gasteiger partial charge < -0.3 is 5.73 Å². The molecule has 0 aromatic carbocycles. The molecule has 0 fully saturated rings. The van der Waals surface area contributed by atoms with Gasteiger partial charge in [0.1, 0.15) is 0 Å². The van der Waals surface area contributed by atoms with Crippen molar-refractivity contribution in [1.29, 1.82) is 0 Å². The van der Waals surface area contributed by atoms with E-state index < -0.39 is 10.0 Å². The summed E-state index contributed by atoms with van der Waals surface area (Å²) < 4.78 is 26.0. The topological polar surface area (TPSA) is 72.2 Å². The minimum Gasteiger partial charge on any atom is -0.329 e. The Bertz CT molecular complexity index is 398. The summed E-state index contributed by atoms with van der Waals surface area (Å²) >= 11 is 1.56. The van der Waals surface area contributed by atoms with Crippen LogP contribution in [0.5, 0.6) is 0 Å². The molecule has 0 saturated carbocycles. The Balaban J connectivity index is 2.82. The Morgan fingerprint density at radius 3 is 2.62 bits per heavy atom. The Labute approximate surface area is 101 Å². The van der Waals surface area contributed by atoms with Crippen LogP contribution in [0.15, 0.2) is 17.5 Å². The molecule has 92 valence electrons. The first-order chi connectivity index (χ1) is 7.46. The molecular formula is C10H18N2O2S2. The number of sulfonamides is 1. The zero-order valence-electron chi connectivity index (χ0n) is 9.51. The molecule has 1 aromatic heterocycles. The van der Waals surface area contributed by atoms with Crippen molar-refractivity contribution in [2.75, 3.05) is 12.3 Å². The quantitative estimate of drug-likeness (QED) is 0.812. The van der Waals surface area contributed by atoms with Crippen LogP contribution in [0.25, 0.3) is 0 Å². The predicted octanol–water partition coefficient (Wildman–Crippen LogP) is 1.32.